The highest BCUT2D eigenvalue weighted by Crippen LogP contribution is 2.27. The van der Waals surface area contributed by atoms with Crippen molar-refractivity contribution >= 4 is 0 Å². The van der Waals surface area contributed by atoms with E-state index in [1.165, 1.54) is 0 Å². The van der Waals surface area contributed by atoms with E-state index in [1.807, 2.05) is 30.3 Å². The van der Waals surface area contributed by atoms with Crippen LogP contribution in [0.5, 0.6) is 0 Å². The van der Waals surface area contributed by atoms with Gasteiger partial charge in [0.05, 0.1) is 5.92 Å². The standard InChI is InChI=1S/C13H15N3O/c1-9-7-14-8-11(9)13-15-12(16-17-13)10-5-3-2-4-6-10/h2-6,9,11,14H,7-8H2,1H3/t9-,11-/m1/s1. The SMILES string of the molecule is C[C@@H]1CNC[C@H]1c1nc(-c2ccccc2)no1. The van der Waals surface area contributed by atoms with Gasteiger partial charge in [-0.3, -0.25) is 0 Å². The fourth-order valence-corrected chi connectivity index (χ4v) is 2.23. The van der Waals surface area contributed by atoms with E-state index in [4.69, 9.17) is 4.52 Å². The molecular formula is C13H15N3O. The molecule has 17 heavy (non-hydrogen) atoms. The molecule has 4 nitrogen and oxygen atoms in total. The number of hydrogen-bond acceptors (Lipinski definition) is 4. The summed E-state index contributed by atoms with van der Waals surface area (Å²) < 4.78 is 5.37. The van der Waals surface area contributed by atoms with Crippen LogP contribution >= 0.6 is 0 Å². The molecular weight excluding hydrogens is 214 g/mol. The first-order valence-corrected chi connectivity index (χ1v) is 5.94. The first-order chi connectivity index (χ1) is 8.34. The Labute approximate surface area is 100 Å². The minimum Gasteiger partial charge on any atom is -0.339 e. The van der Waals surface area contributed by atoms with Crippen LogP contribution in [-0.4, -0.2) is 23.2 Å². The van der Waals surface area contributed by atoms with E-state index in [2.05, 4.69) is 22.4 Å². The molecule has 0 aliphatic carbocycles. The lowest BCUT2D eigenvalue weighted by atomic mass is 9.98. The molecule has 1 aliphatic rings. The van der Waals surface area contributed by atoms with Gasteiger partial charge in [0.2, 0.25) is 11.7 Å². The smallest absolute Gasteiger partial charge is 0.231 e. The molecule has 3 rings (SSSR count). The maximum absolute atomic E-state index is 5.37. The molecule has 0 amide bonds. The predicted molar refractivity (Wildman–Crippen MR) is 64.5 cm³/mol. The van der Waals surface area contributed by atoms with E-state index in [9.17, 15) is 0 Å². The van der Waals surface area contributed by atoms with Gasteiger partial charge in [-0.2, -0.15) is 4.98 Å². The van der Waals surface area contributed by atoms with Crippen molar-refractivity contribution in [2.75, 3.05) is 13.1 Å². The average Bonchev–Trinajstić information content (AvgIpc) is 2.98. The maximum Gasteiger partial charge on any atom is 0.231 e. The molecule has 0 spiro atoms. The Hall–Kier alpha value is -1.68. The summed E-state index contributed by atoms with van der Waals surface area (Å²) in [6, 6.07) is 9.92. The molecule has 0 saturated carbocycles. The molecule has 0 radical (unpaired) electrons. The van der Waals surface area contributed by atoms with Crippen molar-refractivity contribution in [2.45, 2.75) is 12.8 Å². The van der Waals surface area contributed by atoms with Gasteiger partial charge in [-0.05, 0) is 12.5 Å². The Morgan fingerprint density at radius 3 is 2.76 bits per heavy atom. The topological polar surface area (TPSA) is 51.0 Å². The predicted octanol–water partition coefficient (Wildman–Crippen LogP) is 2.06. The van der Waals surface area contributed by atoms with E-state index in [0.717, 1.165) is 24.5 Å². The van der Waals surface area contributed by atoms with Gasteiger partial charge in [0.25, 0.3) is 0 Å². The minimum absolute atomic E-state index is 0.347. The summed E-state index contributed by atoms with van der Waals surface area (Å²) in [7, 11) is 0. The molecule has 1 aliphatic heterocycles. The largest absolute Gasteiger partial charge is 0.339 e. The molecule has 1 aromatic carbocycles. The summed E-state index contributed by atoms with van der Waals surface area (Å²) >= 11 is 0. The number of nitrogens with zero attached hydrogens (tertiary/aromatic N) is 2. The molecule has 1 fully saturated rings. The van der Waals surface area contributed by atoms with E-state index in [-0.39, 0.29) is 0 Å². The van der Waals surface area contributed by atoms with Crippen LogP contribution in [0.2, 0.25) is 0 Å². The van der Waals surface area contributed by atoms with E-state index < -0.39 is 0 Å². The molecule has 0 bridgehead atoms. The van der Waals surface area contributed by atoms with Crippen LogP contribution in [0.4, 0.5) is 0 Å². The van der Waals surface area contributed by atoms with Crippen LogP contribution in [0.1, 0.15) is 18.7 Å². The zero-order chi connectivity index (χ0) is 11.7. The lowest BCUT2D eigenvalue weighted by Crippen LogP contribution is -2.08. The zero-order valence-corrected chi connectivity index (χ0v) is 9.76. The summed E-state index contributed by atoms with van der Waals surface area (Å²) in [6.07, 6.45) is 0. The Kier molecular flexibility index (Phi) is 2.65. The Morgan fingerprint density at radius 2 is 2.06 bits per heavy atom. The van der Waals surface area contributed by atoms with Gasteiger partial charge in [0.1, 0.15) is 0 Å². The summed E-state index contributed by atoms with van der Waals surface area (Å²) in [5.41, 5.74) is 1.00. The molecule has 4 heteroatoms. The summed E-state index contributed by atoms with van der Waals surface area (Å²) in [5.74, 6) is 2.33. The van der Waals surface area contributed by atoms with Crippen molar-refractivity contribution in [3.05, 3.63) is 36.2 Å². The number of benzene rings is 1. The van der Waals surface area contributed by atoms with Crippen LogP contribution in [0.25, 0.3) is 11.4 Å². The second-order valence-electron chi connectivity index (χ2n) is 4.56. The van der Waals surface area contributed by atoms with Crippen LogP contribution < -0.4 is 5.32 Å². The quantitative estimate of drug-likeness (QED) is 0.856. The molecule has 0 unspecified atom stereocenters. The monoisotopic (exact) mass is 229 g/mol. The van der Waals surface area contributed by atoms with Gasteiger partial charge >= 0.3 is 0 Å². The van der Waals surface area contributed by atoms with Gasteiger partial charge in [0.15, 0.2) is 0 Å². The molecule has 1 aromatic heterocycles. The van der Waals surface area contributed by atoms with Gasteiger partial charge < -0.3 is 9.84 Å². The Morgan fingerprint density at radius 1 is 1.24 bits per heavy atom. The van der Waals surface area contributed by atoms with Crippen molar-refractivity contribution in [3.63, 3.8) is 0 Å². The van der Waals surface area contributed by atoms with Crippen LogP contribution in [-0.2, 0) is 0 Å². The highest BCUT2D eigenvalue weighted by atomic mass is 16.5. The van der Waals surface area contributed by atoms with E-state index in [0.29, 0.717) is 17.7 Å². The lowest BCUT2D eigenvalue weighted by molar-refractivity contribution is 0.340. The van der Waals surface area contributed by atoms with Crippen LogP contribution in [0.15, 0.2) is 34.9 Å². The molecule has 2 heterocycles. The summed E-state index contributed by atoms with van der Waals surface area (Å²) in [4.78, 5) is 4.50. The first kappa shape index (κ1) is 10.5. The molecule has 2 aromatic rings. The van der Waals surface area contributed by atoms with Crippen LogP contribution in [0, 0.1) is 5.92 Å². The summed E-state index contributed by atoms with van der Waals surface area (Å²) in [6.45, 7) is 4.16. The third-order valence-electron chi connectivity index (χ3n) is 3.31. The van der Waals surface area contributed by atoms with Crippen molar-refractivity contribution < 1.29 is 4.52 Å². The number of hydrogen-bond donors (Lipinski definition) is 1. The number of nitrogens with one attached hydrogen (secondary N) is 1. The minimum atomic E-state index is 0.347. The maximum atomic E-state index is 5.37. The summed E-state index contributed by atoms with van der Waals surface area (Å²) in [5, 5.41) is 7.39. The second kappa shape index (κ2) is 4.30. The fourth-order valence-electron chi connectivity index (χ4n) is 2.23. The van der Waals surface area contributed by atoms with Crippen molar-refractivity contribution in [3.8, 4) is 11.4 Å². The number of rotatable bonds is 2. The highest BCUT2D eigenvalue weighted by molar-refractivity contribution is 5.53. The first-order valence-electron chi connectivity index (χ1n) is 5.94. The highest BCUT2D eigenvalue weighted by Gasteiger charge is 2.29. The Bertz CT molecular complexity index is 494. The van der Waals surface area contributed by atoms with Crippen molar-refractivity contribution in [2.24, 2.45) is 5.92 Å². The van der Waals surface area contributed by atoms with Gasteiger partial charge in [-0.1, -0.05) is 42.4 Å². The second-order valence-corrected chi connectivity index (χ2v) is 4.56. The van der Waals surface area contributed by atoms with E-state index >= 15 is 0 Å². The van der Waals surface area contributed by atoms with E-state index in [1.54, 1.807) is 0 Å². The molecule has 88 valence electrons. The third-order valence-corrected chi connectivity index (χ3v) is 3.31. The Balaban J connectivity index is 1.88. The molecule has 1 N–H and O–H groups in total. The average molecular weight is 229 g/mol. The fraction of sp³-hybridized carbons (Fsp3) is 0.385. The zero-order valence-electron chi connectivity index (χ0n) is 9.76. The van der Waals surface area contributed by atoms with Gasteiger partial charge in [-0.15, -0.1) is 0 Å². The lowest BCUT2D eigenvalue weighted by Gasteiger charge is -2.07. The molecule has 2 atom stereocenters. The third kappa shape index (κ3) is 1.96. The van der Waals surface area contributed by atoms with Crippen molar-refractivity contribution in [1.29, 1.82) is 0 Å². The molecule has 1 saturated heterocycles. The van der Waals surface area contributed by atoms with Crippen LogP contribution in [0.3, 0.4) is 0 Å². The normalized spacial score (nSPS) is 24.1. The van der Waals surface area contributed by atoms with Crippen molar-refractivity contribution in [1.82, 2.24) is 15.5 Å². The van der Waals surface area contributed by atoms with Gasteiger partial charge in [0, 0.05) is 12.1 Å². The van der Waals surface area contributed by atoms with Gasteiger partial charge in [-0.25, -0.2) is 0 Å². The number of aromatic nitrogens is 2.